The number of hydrogen-bond acceptors (Lipinski definition) is 14. The average molecular weight is 1100 g/mol. The molecule has 0 unspecified atom stereocenters. The third kappa shape index (κ3) is 12.3. The van der Waals surface area contributed by atoms with E-state index in [0.717, 1.165) is 11.0 Å². The minimum Gasteiger partial charge on any atom is -0.458 e. The number of cyclic esters (lactones) is 1. The highest BCUT2D eigenvalue weighted by Crippen LogP contribution is 2.46. The van der Waals surface area contributed by atoms with Gasteiger partial charge in [0.2, 0.25) is 35.6 Å². The van der Waals surface area contributed by atoms with E-state index in [1.807, 2.05) is 0 Å². The van der Waals surface area contributed by atoms with Gasteiger partial charge < -0.3 is 51.0 Å². The zero-order chi connectivity index (χ0) is 56.9. The number of fused-ring (bicyclic) bond motifs is 5. The van der Waals surface area contributed by atoms with Crippen LogP contribution in [0.1, 0.15) is 90.4 Å². The van der Waals surface area contributed by atoms with Crippen molar-refractivity contribution in [3.63, 3.8) is 0 Å². The summed E-state index contributed by atoms with van der Waals surface area (Å²) >= 11 is 0. The zero-order valence-corrected chi connectivity index (χ0v) is 42.7. The number of amides is 8. The third-order valence-corrected chi connectivity index (χ3v) is 14.2. The number of aromatic nitrogens is 2. The molecule has 7 N–H and O–H groups in total. The fourth-order valence-corrected chi connectivity index (χ4v) is 10.0. The van der Waals surface area contributed by atoms with Crippen molar-refractivity contribution in [2.24, 2.45) is 0 Å². The summed E-state index contributed by atoms with van der Waals surface area (Å²) in [7, 11) is 0. The lowest BCUT2D eigenvalue weighted by Crippen LogP contribution is -2.52. The summed E-state index contributed by atoms with van der Waals surface area (Å²) in [5.41, 5.74) is -0.487. The fraction of sp³-hybridized carbons (Fsp3) is 0.415. The standard InChI is InChI=1S/C53H55F4N9O13/c1-3-52(77)32-19-37-46-30(24-66(37)50(75)31(32)25-78-51(52)76)45-34(14-13-29-27(2)33(54)20-35(63-46)44(29)45)64-49(74)47(53(55,56)57)79-26-61-40(69)22-60-48(73)36(18-28-10-6-4-7-11-28)62-41(70)23-59-39(68)21-58-38(67)12-8-5-9-17-65-42(71)15-16-43(65)72/h4,6-7,10-11,15-16,19-20,34,36,47,77H,3,5,8-9,12-14,17-18,21-26H2,1-2H3,(H,58,67)(H,59,68)(H,60,73)(H,61,69)(H,62,70)(H,64,74)/t34-,36-,47-,52-/m0/s1. The molecule has 8 rings (SSSR count). The topological polar surface area (TPSA) is 303 Å². The first-order valence-corrected chi connectivity index (χ1v) is 25.3. The van der Waals surface area contributed by atoms with Crippen LogP contribution in [0.4, 0.5) is 17.6 Å². The van der Waals surface area contributed by atoms with Crippen LogP contribution in [0.2, 0.25) is 0 Å². The molecule has 8 amide bonds. The van der Waals surface area contributed by atoms with Crippen molar-refractivity contribution in [3.05, 3.63) is 110 Å². The molecule has 0 saturated heterocycles. The summed E-state index contributed by atoms with van der Waals surface area (Å²) < 4.78 is 70.7. The maximum absolute atomic E-state index is 15.4. The second-order valence-electron chi connectivity index (χ2n) is 19.3. The van der Waals surface area contributed by atoms with Gasteiger partial charge in [0, 0.05) is 54.1 Å². The lowest BCUT2D eigenvalue weighted by molar-refractivity contribution is -0.220. The third-order valence-electron chi connectivity index (χ3n) is 14.2. The van der Waals surface area contributed by atoms with Gasteiger partial charge >= 0.3 is 12.1 Å². The molecule has 79 heavy (non-hydrogen) atoms. The molecule has 0 bridgehead atoms. The van der Waals surface area contributed by atoms with E-state index in [9.17, 15) is 66.2 Å². The number of pyridine rings is 2. The van der Waals surface area contributed by atoms with E-state index >= 15 is 4.39 Å². The van der Waals surface area contributed by atoms with Gasteiger partial charge in [-0.2, -0.15) is 13.2 Å². The minimum absolute atomic E-state index is 0.00104. The normalized spacial score (nSPS) is 17.7. The second-order valence-corrected chi connectivity index (χ2v) is 19.3. The Kier molecular flexibility index (Phi) is 17.0. The van der Waals surface area contributed by atoms with Crippen molar-refractivity contribution in [2.45, 2.75) is 108 Å². The summed E-state index contributed by atoms with van der Waals surface area (Å²) in [4.78, 5) is 133. The van der Waals surface area contributed by atoms with Gasteiger partial charge in [-0.15, -0.1) is 0 Å². The van der Waals surface area contributed by atoms with Gasteiger partial charge in [0.05, 0.1) is 54.7 Å². The van der Waals surface area contributed by atoms with E-state index in [1.54, 1.807) is 30.3 Å². The number of aliphatic hydroxyl groups is 1. The van der Waals surface area contributed by atoms with E-state index in [0.29, 0.717) is 41.3 Å². The van der Waals surface area contributed by atoms with Crippen LogP contribution in [0, 0.1) is 12.7 Å². The fourth-order valence-electron chi connectivity index (χ4n) is 10.0. The molecule has 26 heteroatoms. The van der Waals surface area contributed by atoms with Crippen molar-refractivity contribution in [2.75, 3.05) is 32.9 Å². The molecule has 2 aromatic heterocycles. The van der Waals surface area contributed by atoms with Crippen LogP contribution in [0.3, 0.4) is 0 Å². The van der Waals surface area contributed by atoms with Crippen LogP contribution < -0.4 is 37.5 Å². The number of unbranched alkanes of at least 4 members (excludes halogenated alkanes) is 2. The Hall–Kier alpha value is -8.39. The minimum atomic E-state index is -5.33. The van der Waals surface area contributed by atoms with Gasteiger partial charge in [-0.05, 0) is 67.3 Å². The number of hydrogen-bond donors (Lipinski definition) is 7. The highest BCUT2D eigenvalue weighted by Gasteiger charge is 2.49. The first-order chi connectivity index (χ1) is 37.6. The molecule has 1 aliphatic carbocycles. The highest BCUT2D eigenvalue weighted by atomic mass is 19.4. The Morgan fingerprint density at radius 3 is 2.25 bits per heavy atom. The zero-order valence-electron chi connectivity index (χ0n) is 42.7. The molecule has 4 atom stereocenters. The number of esters is 1. The van der Waals surface area contributed by atoms with E-state index in [4.69, 9.17) is 14.5 Å². The van der Waals surface area contributed by atoms with Gasteiger partial charge in [0.25, 0.3) is 23.3 Å². The first-order valence-electron chi connectivity index (χ1n) is 25.3. The summed E-state index contributed by atoms with van der Waals surface area (Å²) in [5.74, 6) is -7.97. The maximum Gasteiger partial charge on any atom is 0.423 e. The summed E-state index contributed by atoms with van der Waals surface area (Å²) in [6.07, 6.45) is -4.78. The summed E-state index contributed by atoms with van der Waals surface area (Å²) in [6.45, 7) is -0.423. The number of alkyl halides is 3. The molecular weight excluding hydrogens is 1050 g/mol. The monoisotopic (exact) mass is 1100 g/mol. The number of benzene rings is 2. The van der Waals surface area contributed by atoms with Crippen LogP contribution in [-0.4, -0.2) is 124 Å². The van der Waals surface area contributed by atoms with Crippen LogP contribution in [0.15, 0.2) is 59.4 Å². The van der Waals surface area contributed by atoms with Crippen LogP contribution in [-0.2, 0) is 84.2 Å². The summed E-state index contributed by atoms with van der Waals surface area (Å²) in [6, 6.07) is 8.42. The summed E-state index contributed by atoms with van der Waals surface area (Å²) in [5, 5.41) is 25.7. The molecule has 0 saturated carbocycles. The largest absolute Gasteiger partial charge is 0.458 e. The number of carbonyl (C=O) groups excluding carboxylic acids is 9. The molecular formula is C53H55F4N9O13. The number of rotatable bonds is 22. The van der Waals surface area contributed by atoms with Crippen LogP contribution in [0.25, 0.3) is 22.3 Å². The molecule has 0 fully saturated rings. The molecule has 0 radical (unpaired) electrons. The highest BCUT2D eigenvalue weighted by molar-refractivity contribution is 6.12. The van der Waals surface area contributed by atoms with Crippen molar-refractivity contribution in [1.29, 1.82) is 0 Å². The van der Waals surface area contributed by atoms with Crippen LogP contribution in [0.5, 0.6) is 0 Å². The second kappa shape index (κ2) is 23.7. The molecule has 22 nitrogen and oxygen atoms in total. The van der Waals surface area contributed by atoms with Crippen molar-refractivity contribution in [1.82, 2.24) is 46.4 Å². The SMILES string of the molecule is CC[C@@]1(O)C(=O)OCc2c1cc1n(c2=O)Cc2c-1nc1cc(F)c(C)c3c1c2[C@@H](NC(=O)[C@H](OCNC(=O)CNC(=O)[C@H](Cc1ccccc1)NC(=O)CNC(=O)CNC(=O)CCCCCN1C(=O)C=CC1=O)C(F)(F)F)CC3. The molecule has 3 aliphatic heterocycles. The van der Waals surface area contributed by atoms with Gasteiger partial charge in [-0.3, -0.25) is 48.1 Å². The molecule has 0 spiro atoms. The number of carbonyl (C=O) groups is 9. The van der Waals surface area contributed by atoms with Crippen LogP contribution >= 0.6 is 0 Å². The van der Waals surface area contributed by atoms with Gasteiger partial charge in [-0.25, -0.2) is 14.2 Å². The average Bonchev–Trinajstić information content (AvgIpc) is 4.22. The Morgan fingerprint density at radius 2 is 1.54 bits per heavy atom. The number of nitrogens with zero attached hydrogens (tertiary/aromatic N) is 3. The number of imide groups is 1. The number of ether oxygens (including phenoxy) is 2. The lowest BCUT2D eigenvalue weighted by atomic mass is 9.81. The maximum atomic E-state index is 15.4. The van der Waals surface area contributed by atoms with E-state index in [1.165, 1.54) is 36.6 Å². The van der Waals surface area contributed by atoms with Crippen molar-refractivity contribution < 1.29 is 75.3 Å². The Balaban J connectivity index is 0.856. The predicted molar refractivity (Wildman–Crippen MR) is 268 cm³/mol. The van der Waals surface area contributed by atoms with Crippen molar-refractivity contribution >= 4 is 64.1 Å². The Morgan fingerprint density at radius 1 is 0.861 bits per heavy atom. The molecule has 418 valence electrons. The predicted octanol–water partition coefficient (Wildman–Crippen LogP) is 1.21. The molecule has 2 aromatic carbocycles. The van der Waals surface area contributed by atoms with Gasteiger partial charge in [-0.1, -0.05) is 43.7 Å². The number of nitrogens with one attached hydrogen (secondary N) is 6. The molecule has 5 heterocycles. The van der Waals surface area contributed by atoms with Gasteiger partial charge in [0.1, 0.15) is 25.2 Å². The van der Waals surface area contributed by atoms with Gasteiger partial charge in [0.15, 0.2) is 5.60 Å². The van der Waals surface area contributed by atoms with E-state index < -0.39 is 128 Å². The smallest absolute Gasteiger partial charge is 0.423 e. The van der Waals surface area contributed by atoms with Crippen molar-refractivity contribution in [3.8, 4) is 11.4 Å². The Bertz CT molecular complexity index is 3240. The Labute approximate surface area is 447 Å². The molecule has 4 aliphatic rings. The van der Waals surface area contributed by atoms with E-state index in [-0.39, 0.29) is 84.4 Å². The molecule has 4 aromatic rings. The quantitative estimate of drug-likeness (QED) is 0.0169. The lowest BCUT2D eigenvalue weighted by Gasteiger charge is -2.31. The first kappa shape index (κ1) is 56.8. The number of halogens is 4. The van der Waals surface area contributed by atoms with E-state index in [2.05, 4.69) is 31.9 Å². The number of aryl methyl sites for hydroxylation is 1.